The average molecular weight is 687 g/mol. The molecule has 3 aliphatic rings. The number of alkyl halides is 1. The lowest BCUT2D eigenvalue weighted by Crippen LogP contribution is -2.37. The molecule has 0 aromatic carbocycles. The van der Waals surface area contributed by atoms with E-state index in [1.54, 1.807) is 0 Å². The molecule has 7 heterocycles. The van der Waals surface area contributed by atoms with Gasteiger partial charge in [0.05, 0.1) is 33.4 Å². The topological polar surface area (TPSA) is 278 Å². The molecular formula is C21H27BFN10O11P2-. The first-order valence-corrected chi connectivity index (χ1v) is 15.7. The molecule has 2 bridgehead atoms. The maximum atomic E-state index is 16.1. The van der Waals surface area contributed by atoms with Gasteiger partial charge in [0.1, 0.15) is 49.8 Å². The third kappa shape index (κ3) is 5.41. The van der Waals surface area contributed by atoms with Crippen molar-refractivity contribution in [1.29, 1.82) is 0 Å². The van der Waals surface area contributed by atoms with Crippen molar-refractivity contribution in [2.75, 3.05) is 31.8 Å². The molecule has 0 spiro atoms. The highest BCUT2D eigenvalue weighted by Crippen LogP contribution is 2.54. The Kier molecular flexibility index (Phi) is 7.75. The maximum Gasteiger partial charge on any atom is 0.472 e. The number of anilines is 2. The van der Waals surface area contributed by atoms with Crippen LogP contribution in [0.4, 0.5) is 16.2 Å². The van der Waals surface area contributed by atoms with Gasteiger partial charge < -0.3 is 44.2 Å². The average Bonchev–Trinajstić information content (AvgIpc) is 3.75. The second-order valence-corrected chi connectivity index (χ2v) is 12.4. The van der Waals surface area contributed by atoms with Gasteiger partial charge in [-0.1, -0.05) is 0 Å². The number of phosphoric ester groups is 1. The van der Waals surface area contributed by atoms with Crippen LogP contribution >= 0.6 is 15.3 Å². The molecule has 0 amide bonds. The number of hydrogen-bond donors (Lipinski definition) is 4. The third-order valence-electron chi connectivity index (χ3n) is 7.42. The fraction of sp³-hybridized carbons (Fsp3) is 0.524. The predicted octanol–water partition coefficient (Wildman–Crippen LogP) is -1.34. The van der Waals surface area contributed by atoms with Gasteiger partial charge in [-0.2, -0.15) is 4.98 Å². The molecular weight excluding hydrogens is 660 g/mol. The zero-order chi connectivity index (χ0) is 32.5. The fourth-order valence-electron chi connectivity index (χ4n) is 5.44. The van der Waals surface area contributed by atoms with E-state index in [4.69, 9.17) is 43.8 Å². The number of halogens is 1. The number of nitrogens with two attached hydrogens (primary N) is 2. The molecule has 248 valence electrons. The van der Waals surface area contributed by atoms with Gasteiger partial charge in [-0.25, -0.2) is 28.9 Å². The molecule has 3 fully saturated rings. The van der Waals surface area contributed by atoms with Crippen molar-refractivity contribution in [2.45, 2.75) is 49.1 Å². The second kappa shape index (κ2) is 11.4. The molecule has 10 atom stereocenters. The number of nitrogens with one attached hydrogen (secondary N) is 1. The van der Waals surface area contributed by atoms with Gasteiger partial charge in [0, 0.05) is 7.11 Å². The highest BCUT2D eigenvalue weighted by atomic mass is 31.2. The summed E-state index contributed by atoms with van der Waals surface area (Å²) in [6.07, 6.45) is -7.57. The summed E-state index contributed by atoms with van der Waals surface area (Å²) in [5, 5.41) is 0. The lowest BCUT2D eigenvalue weighted by atomic mass is 10.1. The van der Waals surface area contributed by atoms with Crippen molar-refractivity contribution in [3.05, 3.63) is 29.3 Å². The van der Waals surface area contributed by atoms with Gasteiger partial charge in [0.25, 0.3) is 5.56 Å². The molecule has 4 aromatic heterocycles. The highest BCUT2D eigenvalue weighted by molar-refractivity contribution is 7.79. The summed E-state index contributed by atoms with van der Waals surface area (Å²) < 4.78 is 85.6. The van der Waals surface area contributed by atoms with Crippen molar-refractivity contribution >= 4 is 57.0 Å². The zero-order valence-electron chi connectivity index (χ0n) is 22.9. The number of rotatable bonds is 3. The first kappa shape index (κ1) is 31.2. The van der Waals surface area contributed by atoms with Crippen molar-refractivity contribution in [3.63, 3.8) is 0 Å². The predicted molar refractivity (Wildman–Crippen MR) is 155 cm³/mol. The molecule has 6 N–H and O–H groups in total. The molecule has 25 heteroatoms. The Morgan fingerprint density at radius 1 is 1.00 bits per heavy atom. The summed E-state index contributed by atoms with van der Waals surface area (Å²) in [5.74, 6) is -0.163. The standard InChI is InChI=1S/C21H27BFN10O11P2/c1-38-13-8-2-39-45(22,35)43-12-7(41-19(9(12)23)32-5-28-10-15(24)26-4-27-16(10)32)3-40-46(36,37)44-14(13)20(42-8)33-6-29-11-17(33)30-21(25)31-18(11)34/h4-9,12-14,19-20H,2-3H2,1,22H3,(H,36,37)(H2,24,26,27)(H3,25,30,31,34)/q-1/t7?,8?,9?,12?,13?,14?,19?,20?,45-/m0/s1. The van der Waals surface area contributed by atoms with Crippen LogP contribution in [0.5, 0.6) is 0 Å². The first-order valence-electron chi connectivity index (χ1n) is 13.1. The van der Waals surface area contributed by atoms with Crippen LogP contribution in [0.3, 0.4) is 0 Å². The molecule has 7 rings (SSSR count). The number of hydrogen-bond acceptors (Lipinski definition) is 17. The Labute approximate surface area is 257 Å². The molecule has 9 unspecified atom stereocenters. The maximum absolute atomic E-state index is 16.1. The monoisotopic (exact) mass is 687 g/mol. The van der Waals surface area contributed by atoms with Crippen molar-refractivity contribution in [3.8, 4) is 0 Å². The van der Waals surface area contributed by atoms with E-state index in [1.165, 1.54) is 35.2 Å². The molecule has 3 saturated heterocycles. The number of nitrogens with zero attached hydrogens (tertiary/aromatic N) is 7. The number of aromatic amines is 1. The Balaban J connectivity index is 1.22. The van der Waals surface area contributed by atoms with Gasteiger partial charge in [-0.3, -0.25) is 28.0 Å². The van der Waals surface area contributed by atoms with E-state index in [0.717, 1.165) is 0 Å². The fourth-order valence-corrected chi connectivity index (χ4v) is 7.15. The Morgan fingerprint density at radius 2 is 1.70 bits per heavy atom. The minimum Gasteiger partial charge on any atom is -0.382 e. The smallest absolute Gasteiger partial charge is 0.382 e. The molecule has 4 aromatic rings. The second-order valence-electron chi connectivity index (χ2n) is 10.1. The third-order valence-corrected chi connectivity index (χ3v) is 9.18. The van der Waals surface area contributed by atoms with E-state index >= 15 is 4.39 Å². The van der Waals surface area contributed by atoms with E-state index in [2.05, 4.69) is 29.9 Å². The quantitative estimate of drug-likeness (QED) is 0.143. The largest absolute Gasteiger partial charge is 0.472 e. The highest BCUT2D eigenvalue weighted by Gasteiger charge is 2.54. The van der Waals surface area contributed by atoms with Crippen molar-refractivity contribution < 1.29 is 50.7 Å². The SMILES string of the molecule is [BH3-][P@]1(=O)OCC2OC(n3cnc4c(=O)[nH]c(N)nc43)C(OP(=O)(O)OCC3OC(n4cnc5c(N)ncnc54)C(F)C3O1)C2OC. The summed E-state index contributed by atoms with van der Waals surface area (Å²) >= 11 is 0. The molecule has 21 nitrogen and oxygen atoms in total. The summed E-state index contributed by atoms with van der Waals surface area (Å²) in [5.41, 5.74) is 11.2. The van der Waals surface area contributed by atoms with Crippen molar-refractivity contribution in [1.82, 2.24) is 39.0 Å². The van der Waals surface area contributed by atoms with Crippen LogP contribution in [-0.4, -0.2) is 109 Å². The minimum atomic E-state index is -5.01. The van der Waals surface area contributed by atoms with Gasteiger partial charge in [0.2, 0.25) is 5.95 Å². The molecule has 3 aliphatic heterocycles. The van der Waals surface area contributed by atoms with Crippen LogP contribution in [0.1, 0.15) is 12.5 Å². The van der Waals surface area contributed by atoms with Crippen LogP contribution in [-0.2, 0) is 41.4 Å². The number of phosphoric acid groups is 1. The van der Waals surface area contributed by atoms with E-state index in [1.807, 2.05) is 0 Å². The number of ether oxygens (including phenoxy) is 3. The molecule has 46 heavy (non-hydrogen) atoms. The normalized spacial score (nSPS) is 37.1. The zero-order valence-corrected chi connectivity index (χ0v) is 24.6. The van der Waals surface area contributed by atoms with Crippen LogP contribution < -0.4 is 17.0 Å². The van der Waals surface area contributed by atoms with E-state index in [-0.39, 0.29) is 34.1 Å². The Hall–Kier alpha value is -3.37. The Morgan fingerprint density at radius 3 is 2.46 bits per heavy atom. The molecule has 0 aliphatic carbocycles. The summed E-state index contributed by atoms with van der Waals surface area (Å²) in [4.78, 5) is 45.8. The first-order chi connectivity index (χ1) is 21.9. The molecule has 0 saturated carbocycles. The van der Waals surface area contributed by atoms with E-state index < -0.39 is 90.8 Å². The van der Waals surface area contributed by atoms with Crippen LogP contribution in [0.2, 0.25) is 0 Å². The minimum absolute atomic E-state index is 0.0183. The van der Waals surface area contributed by atoms with Crippen LogP contribution in [0.15, 0.2) is 23.8 Å². The van der Waals surface area contributed by atoms with Crippen LogP contribution in [0, 0.1) is 0 Å². The van der Waals surface area contributed by atoms with Gasteiger partial charge in [0.15, 0.2) is 41.3 Å². The number of fused-ring (bicyclic) bond motifs is 5. The van der Waals surface area contributed by atoms with Gasteiger partial charge in [-0.15, -0.1) is 0 Å². The van der Waals surface area contributed by atoms with Gasteiger partial charge >= 0.3 is 7.82 Å². The van der Waals surface area contributed by atoms with Crippen LogP contribution in [0.25, 0.3) is 22.3 Å². The number of nitrogen functional groups attached to an aromatic ring is 2. The summed E-state index contributed by atoms with van der Waals surface area (Å²) in [6.45, 7) is -1.14. The number of methoxy groups -OCH3 is 1. The lowest BCUT2D eigenvalue weighted by molar-refractivity contribution is -0.0630. The number of aromatic nitrogens is 8. The summed E-state index contributed by atoms with van der Waals surface area (Å²) in [6, 6.07) is 0. The van der Waals surface area contributed by atoms with Crippen molar-refractivity contribution in [2.24, 2.45) is 0 Å². The number of imidazole rings is 2. The molecule has 0 radical (unpaired) electrons. The van der Waals surface area contributed by atoms with E-state index in [9.17, 15) is 18.8 Å². The lowest BCUT2D eigenvalue weighted by Gasteiger charge is -2.28. The Bertz CT molecular complexity index is 1960. The van der Waals surface area contributed by atoms with Gasteiger partial charge in [-0.05, 0) is 0 Å². The summed E-state index contributed by atoms with van der Waals surface area (Å²) in [7, 11) is -8.83. The number of H-pyrrole nitrogens is 1. The van der Waals surface area contributed by atoms with E-state index in [0.29, 0.717) is 0 Å².